The maximum Gasteiger partial charge on any atom is 0.325 e. The van der Waals surface area contributed by atoms with E-state index in [2.05, 4.69) is 5.32 Å². The van der Waals surface area contributed by atoms with Gasteiger partial charge in [0.2, 0.25) is 0 Å². The minimum atomic E-state index is -0.908. The Morgan fingerprint density at radius 2 is 2.00 bits per heavy atom. The zero-order valence-corrected chi connectivity index (χ0v) is 5.90. The lowest BCUT2D eigenvalue weighted by Gasteiger charge is -1.96. The number of benzene rings is 1. The molecular weight excluding hydrogens is 142 g/mol. The zero-order valence-electron chi connectivity index (χ0n) is 5.90. The molecule has 57 valence electrons. The number of carbonyl (C=O) groups is 1. The van der Waals surface area contributed by atoms with Crippen molar-refractivity contribution >= 4 is 11.7 Å². The summed E-state index contributed by atoms with van der Waals surface area (Å²) in [6.07, 6.45) is 0. The van der Waals surface area contributed by atoms with Crippen molar-refractivity contribution in [2.45, 2.75) is 0 Å². The molecule has 3 heteroatoms. The third-order valence-corrected chi connectivity index (χ3v) is 1.15. The van der Waals surface area contributed by atoms with Crippen LogP contribution in [0.15, 0.2) is 30.3 Å². The summed E-state index contributed by atoms with van der Waals surface area (Å²) in [5.74, 6) is -0.908. The molecule has 0 bridgehead atoms. The van der Waals surface area contributed by atoms with Gasteiger partial charge < -0.3 is 5.11 Å². The molecule has 0 aromatic heterocycles. The van der Waals surface area contributed by atoms with Gasteiger partial charge in [-0.1, -0.05) is 18.2 Å². The summed E-state index contributed by atoms with van der Waals surface area (Å²) in [7, 11) is 0. The quantitative estimate of drug-likeness (QED) is 0.699. The second-order valence-corrected chi connectivity index (χ2v) is 2.05. The van der Waals surface area contributed by atoms with Crippen LogP contribution in [0.2, 0.25) is 0 Å². The van der Waals surface area contributed by atoms with Crippen molar-refractivity contribution in [2.24, 2.45) is 0 Å². The molecule has 0 unspecified atom stereocenters. The number of carboxylic acids is 1. The molecule has 1 rings (SSSR count). The van der Waals surface area contributed by atoms with Crippen LogP contribution < -0.4 is 5.32 Å². The Bertz CT molecular complexity index is 233. The first-order chi connectivity index (χ1) is 5.29. The first-order valence-corrected chi connectivity index (χ1v) is 3.23. The van der Waals surface area contributed by atoms with E-state index < -0.39 is 5.97 Å². The van der Waals surface area contributed by atoms with E-state index in [0.717, 1.165) is 0 Å². The van der Waals surface area contributed by atoms with Crippen molar-refractivity contribution < 1.29 is 9.90 Å². The molecule has 3 nitrogen and oxygen atoms in total. The van der Waals surface area contributed by atoms with Gasteiger partial charge in [0.1, 0.15) is 6.54 Å². The van der Waals surface area contributed by atoms with Crippen molar-refractivity contribution in [1.82, 2.24) is 5.32 Å². The summed E-state index contributed by atoms with van der Waals surface area (Å²) in [5.41, 5.74) is 0.704. The van der Waals surface area contributed by atoms with Crippen LogP contribution in [0.5, 0.6) is 0 Å². The standard InChI is InChI=1S/C8H8NO2/c10-8(11)6-9-7-4-2-1-3-5-7/h1-5H,6H2,(H,10,11). The summed E-state index contributed by atoms with van der Waals surface area (Å²) in [6, 6.07) is 9.03. The van der Waals surface area contributed by atoms with Crippen molar-refractivity contribution in [3.8, 4) is 0 Å². The highest BCUT2D eigenvalue weighted by atomic mass is 16.4. The Hall–Kier alpha value is -1.51. The van der Waals surface area contributed by atoms with E-state index in [1.807, 2.05) is 18.2 Å². The average molecular weight is 150 g/mol. The molecule has 0 aliphatic carbocycles. The lowest BCUT2D eigenvalue weighted by Crippen LogP contribution is -2.10. The normalized spacial score (nSPS) is 9.09. The van der Waals surface area contributed by atoms with E-state index in [4.69, 9.17) is 5.11 Å². The summed E-state index contributed by atoms with van der Waals surface area (Å²) >= 11 is 0. The largest absolute Gasteiger partial charge is 0.480 e. The Kier molecular flexibility index (Phi) is 2.49. The van der Waals surface area contributed by atoms with E-state index in [9.17, 15) is 4.79 Å². The second-order valence-electron chi connectivity index (χ2n) is 2.05. The monoisotopic (exact) mass is 150 g/mol. The topological polar surface area (TPSA) is 51.4 Å². The maximum absolute atomic E-state index is 10.1. The molecule has 1 aromatic rings. The Morgan fingerprint density at radius 3 is 2.55 bits per heavy atom. The first-order valence-electron chi connectivity index (χ1n) is 3.23. The van der Waals surface area contributed by atoms with Gasteiger partial charge in [-0.2, -0.15) is 0 Å². The third-order valence-electron chi connectivity index (χ3n) is 1.15. The fourth-order valence-corrected chi connectivity index (χ4v) is 0.692. The van der Waals surface area contributed by atoms with E-state index in [1.54, 1.807) is 12.1 Å². The van der Waals surface area contributed by atoms with Crippen LogP contribution in [0.25, 0.3) is 0 Å². The van der Waals surface area contributed by atoms with Crippen molar-refractivity contribution in [3.63, 3.8) is 0 Å². The molecule has 0 amide bonds. The lowest BCUT2D eigenvalue weighted by atomic mass is 10.3. The molecule has 0 fully saturated rings. The molecule has 1 radical (unpaired) electrons. The minimum absolute atomic E-state index is 0.163. The smallest absolute Gasteiger partial charge is 0.325 e. The van der Waals surface area contributed by atoms with Gasteiger partial charge in [-0.05, 0) is 12.1 Å². The van der Waals surface area contributed by atoms with Crippen LogP contribution in [0.3, 0.4) is 0 Å². The zero-order chi connectivity index (χ0) is 8.10. The van der Waals surface area contributed by atoms with Crippen molar-refractivity contribution in [2.75, 3.05) is 6.54 Å². The summed E-state index contributed by atoms with van der Waals surface area (Å²) in [6.45, 7) is -0.163. The predicted octanol–water partition coefficient (Wildman–Crippen LogP) is 1.01. The van der Waals surface area contributed by atoms with E-state index >= 15 is 0 Å². The van der Waals surface area contributed by atoms with Crippen LogP contribution in [-0.2, 0) is 4.79 Å². The van der Waals surface area contributed by atoms with Gasteiger partial charge in [0.05, 0.1) is 5.69 Å². The highest BCUT2D eigenvalue weighted by Crippen LogP contribution is 2.03. The Morgan fingerprint density at radius 1 is 1.36 bits per heavy atom. The van der Waals surface area contributed by atoms with E-state index in [1.165, 1.54) is 0 Å². The van der Waals surface area contributed by atoms with Gasteiger partial charge in [0.25, 0.3) is 0 Å². The Balaban J connectivity index is 2.45. The molecule has 0 atom stereocenters. The number of hydrogen-bond acceptors (Lipinski definition) is 1. The van der Waals surface area contributed by atoms with Gasteiger partial charge in [-0.15, -0.1) is 0 Å². The maximum atomic E-state index is 10.1. The molecule has 0 saturated heterocycles. The van der Waals surface area contributed by atoms with Crippen LogP contribution in [0, 0.1) is 0 Å². The number of carboxylic acid groups (broad SMARTS) is 1. The van der Waals surface area contributed by atoms with Crippen molar-refractivity contribution in [1.29, 1.82) is 0 Å². The highest BCUT2D eigenvalue weighted by molar-refractivity contribution is 5.70. The molecule has 0 saturated carbocycles. The molecule has 0 aliphatic heterocycles. The highest BCUT2D eigenvalue weighted by Gasteiger charge is 1.96. The van der Waals surface area contributed by atoms with Crippen LogP contribution >= 0.6 is 0 Å². The number of rotatable bonds is 3. The molecular formula is C8H8NO2. The van der Waals surface area contributed by atoms with E-state index in [0.29, 0.717) is 5.69 Å². The minimum Gasteiger partial charge on any atom is -0.480 e. The average Bonchev–Trinajstić information content (AvgIpc) is 2.03. The fraction of sp³-hybridized carbons (Fsp3) is 0.125. The Labute approximate surface area is 64.7 Å². The van der Waals surface area contributed by atoms with Gasteiger partial charge in [0.15, 0.2) is 0 Å². The number of nitrogens with zero attached hydrogens (tertiary/aromatic N) is 1. The number of hydrogen-bond donors (Lipinski definition) is 1. The third kappa shape index (κ3) is 2.71. The summed E-state index contributed by atoms with van der Waals surface area (Å²) in [5, 5.41) is 12.1. The van der Waals surface area contributed by atoms with E-state index in [-0.39, 0.29) is 6.54 Å². The van der Waals surface area contributed by atoms with Gasteiger partial charge in [0, 0.05) is 0 Å². The molecule has 1 N–H and O–H groups in total. The SMILES string of the molecule is O=C(O)C[N]c1ccccc1. The first kappa shape index (κ1) is 7.60. The van der Waals surface area contributed by atoms with Crippen LogP contribution in [0.4, 0.5) is 5.69 Å². The molecule has 0 aliphatic rings. The van der Waals surface area contributed by atoms with Gasteiger partial charge >= 0.3 is 5.97 Å². The van der Waals surface area contributed by atoms with Crippen molar-refractivity contribution in [3.05, 3.63) is 30.3 Å². The lowest BCUT2D eigenvalue weighted by molar-refractivity contribution is -0.135. The molecule has 0 heterocycles. The van der Waals surface area contributed by atoms with Crippen LogP contribution in [-0.4, -0.2) is 17.6 Å². The van der Waals surface area contributed by atoms with Crippen LogP contribution in [0.1, 0.15) is 0 Å². The van der Waals surface area contributed by atoms with Gasteiger partial charge in [-0.25, -0.2) is 0 Å². The fourth-order valence-electron chi connectivity index (χ4n) is 0.692. The molecule has 0 spiro atoms. The molecule has 1 aromatic carbocycles. The van der Waals surface area contributed by atoms with Gasteiger partial charge in [-0.3, -0.25) is 10.1 Å². The predicted molar refractivity (Wildman–Crippen MR) is 40.7 cm³/mol. The molecule has 11 heavy (non-hydrogen) atoms. The number of para-hydroxylation sites is 1. The summed E-state index contributed by atoms with van der Waals surface area (Å²) < 4.78 is 0. The summed E-state index contributed by atoms with van der Waals surface area (Å²) in [4.78, 5) is 10.1. The number of aliphatic carboxylic acids is 1. The second kappa shape index (κ2) is 3.61.